The molecule has 0 radical (unpaired) electrons. The minimum Gasteiger partial charge on any atom is -0.481 e. The van der Waals surface area contributed by atoms with E-state index in [4.69, 9.17) is 24.1 Å². The third kappa shape index (κ3) is 8.61. The Morgan fingerprint density at radius 1 is 0.824 bits per heavy atom. The van der Waals surface area contributed by atoms with Gasteiger partial charge in [0.2, 0.25) is 23.5 Å². The first-order chi connectivity index (χ1) is 24.7. The van der Waals surface area contributed by atoms with E-state index in [9.17, 15) is 15.0 Å². The summed E-state index contributed by atoms with van der Waals surface area (Å²) in [6, 6.07) is 20.5. The van der Waals surface area contributed by atoms with Gasteiger partial charge in [0.1, 0.15) is 12.2 Å². The van der Waals surface area contributed by atoms with Crippen LogP contribution in [-0.4, -0.2) is 64.2 Å². The molecule has 270 valence electrons. The van der Waals surface area contributed by atoms with E-state index in [1.54, 1.807) is 21.1 Å². The first-order valence-electron chi connectivity index (χ1n) is 17.7. The third-order valence-electron chi connectivity index (χ3n) is 9.63. The number of hydrogen-bond donors (Lipinski definition) is 4. The minimum absolute atomic E-state index is 0.111. The monoisotopic (exact) mass is 697 g/mol. The van der Waals surface area contributed by atoms with Crippen LogP contribution in [0.4, 0.5) is 0 Å². The maximum atomic E-state index is 10.8. The summed E-state index contributed by atoms with van der Waals surface area (Å²) in [5.41, 5.74) is 9.14. The molecule has 51 heavy (non-hydrogen) atoms. The van der Waals surface area contributed by atoms with Crippen LogP contribution in [-0.2, 0) is 30.6 Å². The van der Waals surface area contributed by atoms with Gasteiger partial charge in [-0.25, -0.2) is 0 Å². The number of aryl methyl sites for hydroxylation is 1. The average molecular weight is 698 g/mol. The van der Waals surface area contributed by atoms with Crippen LogP contribution >= 0.6 is 0 Å². The lowest BCUT2D eigenvalue weighted by Gasteiger charge is -2.18. The van der Waals surface area contributed by atoms with Crippen LogP contribution in [0.1, 0.15) is 84.6 Å². The quantitative estimate of drug-likeness (QED) is 0.104. The molecule has 11 heteroatoms. The zero-order chi connectivity index (χ0) is 35.9. The number of rotatable bonds is 17. The highest BCUT2D eigenvalue weighted by Gasteiger charge is 2.31. The number of pyridine rings is 2. The molecule has 0 saturated carbocycles. The Morgan fingerprint density at radius 3 is 1.90 bits per heavy atom. The zero-order valence-electron chi connectivity index (χ0n) is 29.4. The van der Waals surface area contributed by atoms with Gasteiger partial charge in [0.05, 0.1) is 32.8 Å². The van der Waals surface area contributed by atoms with Gasteiger partial charge in [-0.15, -0.1) is 0 Å². The largest absolute Gasteiger partial charge is 0.481 e. The average Bonchev–Trinajstić information content (AvgIpc) is 3.72. The number of carbonyl (C=O) groups is 1. The van der Waals surface area contributed by atoms with E-state index in [1.165, 1.54) is 27.8 Å². The Balaban J connectivity index is 1.15. The molecule has 11 nitrogen and oxygen atoms in total. The summed E-state index contributed by atoms with van der Waals surface area (Å²) in [5.74, 6) is 0.931. The molecule has 0 fully saturated rings. The van der Waals surface area contributed by atoms with Crippen molar-refractivity contribution in [1.29, 1.82) is 0 Å². The Labute approximate surface area is 298 Å². The van der Waals surface area contributed by atoms with Gasteiger partial charge in [-0.1, -0.05) is 36.4 Å². The number of aliphatic carboxylic acids is 1. The van der Waals surface area contributed by atoms with E-state index in [0.29, 0.717) is 30.1 Å². The Hall–Kier alpha value is -4.71. The molecule has 2 heterocycles. The van der Waals surface area contributed by atoms with Gasteiger partial charge in [0.25, 0.3) is 0 Å². The van der Waals surface area contributed by atoms with E-state index in [0.717, 1.165) is 61.6 Å². The molecule has 0 amide bonds. The smallest absolute Gasteiger partial charge is 0.306 e. The molecule has 0 aliphatic heterocycles. The van der Waals surface area contributed by atoms with Gasteiger partial charge in [-0.2, -0.15) is 9.97 Å². The number of aliphatic hydroxyl groups is 2. The number of nitrogens with zero attached hydrogens (tertiary/aromatic N) is 2. The van der Waals surface area contributed by atoms with Crippen molar-refractivity contribution in [2.75, 3.05) is 20.8 Å². The number of benzene rings is 2. The topological polar surface area (TPSA) is 152 Å². The van der Waals surface area contributed by atoms with Crippen LogP contribution in [0.15, 0.2) is 60.7 Å². The van der Waals surface area contributed by atoms with Crippen molar-refractivity contribution in [2.45, 2.75) is 89.3 Å². The van der Waals surface area contributed by atoms with Crippen LogP contribution in [0.25, 0.3) is 11.1 Å². The van der Waals surface area contributed by atoms with Crippen molar-refractivity contribution < 1.29 is 39.1 Å². The number of nitrogens with one attached hydrogen (secondary N) is 1. The fourth-order valence-corrected chi connectivity index (χ4v) is 7.22. The second-order valence-electron chi connectivity index (χ2n) is 13.3. The molecule has 2 aliphatic carbocycles. The fraction of sp³-hybridized carbons (Fsp3) is 0.425. The standard InChI is InChI=1S/C40H47N3O8/c1-24(44)7-4-8-25-13-19-36(42-39(25)48-2)50-34-17-15-30-28(9-5-11-32(30)34)29-10-6-12-33-31(29)16-18-35(33)51-37-20-14-26(40(43-37)49-3)22-41-23-27(45)21-38(46)47/h5-6,9-14,19-20,24,27,34-35,41,44-45H,4,7-8,15-18,21-23H2,1-3H3,(H,46,47)/t24-,27-,34?,35?/m0/s1. The number of ether oxygens (including phenoxy) is 4. The van der Waals surface area contributed by atoms with Crippen molar-refractivity contribution in [2.24, 2.45) is 0 Å². The molecule has 0 saturated heterocycles. The molecule has 0 spiro atoms. The molecular weight excluding hydrogens is 650 g/mol. The lowest BCUT2D eigenvalue weighted by Crippen LogP contribution is -2.28. The number of methoxy groups -OCH3 is 2. The van der Waals surface area contributed by atoms with Gasteiger partial charge in [0.15, 0.2) is 0 Å². The molecule has 2 aliphatic rings. The number of carboxylic acids is 1. The third-order valence-corrected chi connectivity index (χ3v) is 9.63. The second kappa shape index (κ2) is 16.5. The summed E-state index contributed by atoms with van der Waals surface area (Å²) in [6.07, 6.45) is 3.93. The van der Waals surface area contributed by atoms with Gasteiger partial charge < -0.3 is 39.6 Å². The number of hydrogen-bond acceptors (Lipinski definition) is 10. The van der Waals surface area contributed by atoms with E-state index >= 15 is 0 Å². The summed E-state index contributed by atoms with van der Waals surface area (Å²) >= 11 is 0. The van der Waals surface area contributed by atoms with E-state index in [2.05, 4.69) is 51.7 Å². The first kappa shape index (κ1) is 36.1. The van der Waals surface area contributed by atoms with Crippen LogP contribution < -0.4 is 24.3 Å². The number of aromatic nitrogens is 2. The van der Waals surface area contributed by atoms with Gasteiger partial charge in [0, 0.05) is 36.3 Å². The zero-order valence-corrected chi connectivity index (χ0v) is 29.4. The van der Waals surface area contributed by atoms with E-state index in [1.807, 2.05) is 24.3 Å². The molecule has 4 N–H and O–H groups in total. The SMILES string of the molecule is COc1nc(OC2CCc3c(-c4cccc5c4CCC5Oc4ccc(CNC[C@@H](O)CC(=O)O)c(OC)n4)cccc32)ccc1CCC[C@H](C)O. The van der Waals surface area contributed by atoms with Crippen LogP contribution in [0, 0.1) is 0 Å². The Kier molecular flexibility index (Phi) is 11.7. The molecule has 6 rings (SSSR count). The van der Waals surface area contributed by atoms with Crippen molar-refractivity contribution in [3.05, 3.63) is 94.0 Å². The summed E-state index contributed by atoms with van der Waals surface area (Å²) < 4.78 is 24.0. The van der Waals surface area contributed by atoms with Crippen molar-refractivity contribution in [3.63, 3.8) is 0 Å². The fourth-order valence-electron chi connectivity index (χ4n) is 7.22. The second-order valence-corrected chi connectivity index (χ2v) is 13.3. The molecule has 0 bridgehead atoms. The molecule has 2 aromatic carbocycles. The summed E-state index contributed by atoms with van der Waals surface area (Å²) in [4.78, 5) is 20.1. The predicted octanol–water partition coefficient (Wildman–Crippen LogP) is 5.92. The van der Waals surface area contributed by atoms with Crippen molar-refractivity contribution in [3.8, 4) is 34.6 Å². The van der Waals surface area contributed by atoms with Gasteiger partial charge in [-0.3, -0.25) is 4.79 Å². The van der Waals surface area contributed by atoms with E-state index < -0.39 is 12.1 Å². The van der Waals surface area contributed by atoms with Gasteiger partial charge in [-0.05, 0) is 97.4 Å². The molecule has 4 aromatic rings. The number of aliphatic hydroxyl groups excluding tert-OH is 2. The molecule has 2 aromatic heterocycles. The van der Waals surface area contributed by atoms with Crippen molar-refractivity contribution in [1.82, 2.24) is 15.3 Å². The Morgan fingerprint density at radius 2 is 1.37 bits per heavy atom. The lowest BCUT2D eigenvalue weighted by molar-refractivity contribution is -0.139. The van der Waals surface area contributed by atoms with Crippen LogP contribution in [0.3, 0.4) is 0 Å². The van der Waals surface area contributed by atoms with Crippen LogP contribution in [0.2, 0.25) is 0 Å². The van der Waals surface area contributed by atoms with Crippen molar-refractivity contribution >= 4 is 5.97 Å². The maximum Gasteiger partial charge on any atom is 0.306 e. The van der Waals surface area contributed by atoms with E-state index in [-0.39, 0.29) is 31.3 Å². The maximum absolute atomic E-state index is 10.8. The normalized spacial score (nSPS) is 17.4. The predicted molar refractivity (Wildman–Crippen MR) is 191 cm³/mol. The summed E-state index contributed by atoms with van der Waals surface area (Å²) in [7, 11) is 3.17. The van der Waals surface area contributed by atoms with Gasteiger partial charge >= 0.3 is 5.97 Å². The summed E-state index contributed by atoms with van der Waals surface area (Å²) in [6.45, 7) is 2.30. The number of carboxylic acid groups (broad SMARTS) is 1. The molecule has 2 unspecified atom stereocenters. The first-order valence-corrected chi connectivity index (χ1v) is 17.7. The molecule has 4 atom stereocenters. The highest BCUT2D eigenvalue weighted by molar-refractivity contribution is 5.75. The highest BCUT2D eigenvalue weighted by Crippen LogP contribution is 2.45. The lowest BCUT2D eigenvalue weighted by atomic mass is 9.91. The summed E-state index contributed by atoms with van der Waals surface area (Å²) in [5, 5.41) is 31.4. The van der Waals surface area contributed by atoms with Crippen LogP contribution in [0.5, 0.6) is 23.5 Å². The number of fused-ring (bicyclic) bond motifs is 2. The highest BCUT2D eigenvalue weighted by atomic mass is 16.5. The molecular formula is C40H47N3O8. The minimum atomic E-state index is -1.05. The Bertz CT molecular complexity index is 1830.